The molecular weight excluding hydrogens is 374 g/mol. The van der Waals surface area contributed by atoms with Gasteiger partial charge in [0.05, 0.1) is 18.2 Å². The van der Waals surface area contributed by atoms with Crippen molar-refractivity contribution in [2.75, 3.05) is 13.7 Å². The third kappa shape index (κ3) is 3.54. The van der Waals surface area contributed by atoms with E-state index >= 15 is 0 Å². The van der Waals surface area contributed by atoms with Crippen LogP contribution in [0.5, 0.6) is 0 Å². The van der Waals surface area contributed by atoms with Crippen molar-refractivity contribution in [1.82, 2.24) is 14.8 Å². The first kappa shape index (κ1) is 19.0. The quantitative estimate of drug-likeness (QED) is 0.716. The summed E-state index contributed by atoms with van der Waals surface area (Å²) in [5, 5.41) is 1.84. The Hall–Kier alpha value is -2.32. The number of sulfonamides is 1. The minimum atomic E-state index is -3.64. The lowest BCUT2D eigenvalue weighted by Gasteiger charge is -2.25. The Morgan fingerprint density at radius 2 is 1.82 bits per heavy atom. The highest BCUT2D eigenvalue weighted by atomic mass is 32.2. The average Bonchev–Trinajstić information content (AvgIpc) is 3.10. The molecule has 0 bridgehead atoms. The van der Waals surface area contributed by atoms with Gasteiger partial charge in [-0.2, -0.15) is 5.06 Å². The Balaban J connectivity index is 1.68. The predicted octanol–water partition coefficient (Wildman–Crippen LogP) is 3.20. The van der Waals surface area contributed by atoms with E-state index in [1.54, 1.807) is 18.3 Å². The predicted molar refractivity (Wildman–Crippen MR) is 109 cm³/mol. The van der Waals surface area contributed by atoms with E-state index in [0.29, 0.717) is 0 Å². The fourth-order valence-electron chi connectivity index (χ4n) is 3.77. The lowest BCUT2D eigenvalue weighted by atomic mass is 10.00. The van der Waals surface area contributed by atoms with Crippen molar-refractivity contribution in [3.63, 3.8) is 0 Å². The topological polar surface area (TPSA) is 71.5 Å². The fourth-order valence-corrected chi connectivity index (χ4v) is 5.47. The minimum Gasteiger partial charge on any atom is -0.297 e. The average molecular weight is 398 g/mol. The van der Waals surface area contributed by atoms with E-state index in [2.05, 4.69) is 9.71 Å². The van der Waals surface area contributed by atoms with Crippen LogP contribution < -0.4 is 4.72 Å². The second-order valence-corrected chi connectivity index (χ2v) is 8.97. The number of para-hydroxylation sites is 1. The summed E-state index contributed by atoms with van der Waals surface area (Å²) in [6.45, 7) is 1.96. The van der Waals surface area contributed by atoms with Gasteiger partial charge in [-0.25, -0.2) is 13.1 Å². The Kier molecular flexibility index (Phi) is 5.16. The maximum Gasteiger partial charge on any atom is 0.219 e. The molecule has 7 heteroatoms. The molecule has 28 heavy (non-hydrogen) atoms. The van der Waals surface area contributed by atoms with Crippen molar-refractivity contribution in [2.24, 2.45) is 0 Å². The number of pyridine rings is 1. The maximum absolute atomic E-state index is 13.2. The second kappa shape index (κ2) is 7.60. The van der Waals surface area contributed by atoms with Crippen LogP contribution in [0, 0.1) is 0 Å². The standard InChI is InChI=1S/C21H23N3O3S/c1-15(16-8-4-3-5-9-16)23-28(25,26)20-14-27-24(2)21(20)18-12-13-22-19-11-7-6-10-17(18)19/h3-13,15,20-21,23H,14H2,1-2H3. The summed E-state index contributed by atoms with van der Waals surface area (Å²) in [5.74, 6) is 0. The summed E-state index contributed by atoms with van der Waals surface area (Å²) in [7, 11) is -1.87. The molecule has 0 amide bonds. The Labute approximate surface area is 165 Å². The molecule has 3 unspecified atom stereocenters. The highest BCUT2D eigenvalue weighted by Gasteiger charge is 2.44. The summed E-state index contributed by atoms with van der Waals surface area (Å²) in [6.07, 6.45) is 1.72. The van der Waals surface area contributed by atoms with Gasteiger partial charge in [0, 0.05) is 24.7 Å². The Morgan fingerprint density at radius 1 is 1.11 bits per heavy atom. The first-order valence-corrected chi connectivity index (χ1v) is 10.8. The number of nitrogens with zero attached hydrogens (tertiary/aromatic N) is 2. The van der Waals surface area contributed by atoms with Gasteiger partial charge in [-0.15, -0.1) is 0 Å². The summed E-state index contributed by atoms with van der Waals surface area (Å²) < 4.78 is 29.3. The zero-order valence-electron chi connectivity index (χ0n) is 15.8. The van der Waals surface area contributed by atoms with E-state index in [0.717, 1.165) is 22.0 Å². The minimum absolute atomic E-state index is 0.106. The maximum atomic E-state index is 13.2. The molecule has 4 rings (SSSR count). The van der Waals surface area contributed by atoms with Crippen LogP contribution in [0.15, 0.2) is 66.9 Å². The second-order valence-electron chi connectivity index (χ2n) is 7.04. The third-order valence-electron chi connectivity index (χ3n) is 5.23. The fraction of sp³-hybridized carbons (Fsp3) is 0.286. The molecule has 2 aromatic carbocycles. The zero-order valence-corrected chi connectivity index (χ0v) is 16.6. The molecule has 1 saturated heterocycles. The SMILES string of the molecule is CC(NS(=O)(=O)C1CON(C)C1c1ccnc2ccccc12)c1ccccc1. The van der Waals surface area contributed by atoms with Crippen molar-refractivity contribution in [2.45, 2.75) is 24.3 Å². The van der Waals surface area contributed by atoms with E-state index in [-0.39, 0.29) is 12.6 Å². The Bertz CT molecular complexity index is 1070. The number of nitrogens with one attached hydrogen (secondary N) is 1. The highest BCUT2D eigenvalue weighted by molar-refractivity contribution is 7.90. The molecule has 6 nitrogen and oxygen atoms in total. The molecule has 0 radical (unpaired) electrons. The molecule has 3 aromatic rings. The number of benzene rings is 2. The Morgan fingerprint density at radius 3 is 2.61 bits per heavy atom. The molecule has 0 spiro atoms. The number of fused-ring (bicyclic) bond motifs is 1. The molecule has 0 saturated carbocycles. The largest absolute Gasteiger partial charge is 0.297 e. The zero-order chi connectivity index (χ0) is 19.7. The third-order valence-corrected chi connectivity index (χ3v) is 7.10. The number of hydrogen-bond donors (Lipinski definition) is 1. The molecule has 1 fully saturated rings. The summed E-state index contributed by atoms with van der Waals surface area (Å²) in [4.78, 5) is 10.0. The molecule has 1 aliphatic rings. The van der Waals surface area contributed by atoms with Crippen LogP contribution in [0.25, 0.3) is 10.9 Å². The van der Waals surface area contributed by atoms with Crippen LogP contribution >= 0.6 is 0 Å². The van der Waals surface area contributed by atoms with Gasteiger partial charge in [0.2, 0.25) is 10.0 Å². The molecule has 1 aliphatic heterocycles. The first-order chi connectivity index (χ1) is 13.5. The van der Waals surface area contributed by atoms with E-state index < -0.39 is 21.3 Å². The van der Waals surface area contributed by atoms with Gasteiger partial charge in [-0.05, 0) is 30.2 Å². The van der Waals surface area contributed by atoms with Crippen molar-refractivity contribution >= 4 is 20.9 Å². The smallest absolute Gasteiger partial charge is 0.219 e. The highest BCUT2D eigenvalue weighted by Crippen LogP contribution is 2.36. The van der Waals surface area contributed by atoms with Crippen molar-refractivity contribution in [3.05, 3.63) is 78.0 Å². The van der Waals surface area contributed by atoms with Gasteiger partial charge in [0.25, 0.3) is 0 Å². The van der Waals surface area contributed by atoms with E-state index in [1.165, 1.54) is 0 Å². The number of aromatic nitrogens is 1. The number of rotatable bonds is 5. The van der Waals surface area contributed by atoms with Gasteiger partial charge in [-0.1, -0.05) is 48.5 Å². The van der Waals surface area contributed by atoms with Crippen molar-refractivity contribution in [3.8, 4) is 0 Å². The summed E-state index contributed by atoms with van der Waals surface area (Å²) in [6, 6.07) is 18.4. The van der Waals surface area contributed by atoms with Gasteiger partial charge in [0.15, 0.2) is 0 Å². The van der Waals surface area contributed by atoms with Gasteiger partial charge >= 0.3 is 0 Å². The summed E-state index contributed by atoms with van der Waals surface area (Å²) in [5.41, 5.74) is 2.65. The molecular formula is C21H23N3O3S. The molecule has 3 atom stereocenters. The molecule has 146 valence electrons. The van der Waals surface area contributed by atoms with Gasteiger partial charge in [-0.3, -0.25) is 9.82 Å². The lowest BCUT2D eigenvalue weighted by molar-refractivity contribution is -0.110. The van der Waals surface area contributed by atoms with E-state index in [1.807, 2.05) is 67.6 Å². The van der Waals surface area contributed by atoms with E-state index in [4.69, 9.17) is 4.84 Å². The van der Waals surface area contributed by atoms with Crippen LogP contribution in [0.2, 0.25) is 0 Å². The molecule has 0 aliphatic carbocycles. The van der Waals surface area contributed by atoms with Crippen LogP contribution in [-0.4, -0.2) is 37.4 Å². The molecule has 2 heterocycles. The van der Waals surface area contributed by atoms with Crippen LogP contribution in [0.1, 0.15) is 30.1 Å². The normalized spacial score (nSPS) is 21.8. The number of hydroxylamine groups is 2. The van der Waals surface area contributed by atoms with Crippen molar-refractivity contribution in [1.29, 1.82) is 0 Å². The summed E-state index contributed by atoms with van der Waals surface area (Å²) >= 11 is 0. The molecule has 1 N–H and O–H groups in total. The molecule has 1 aromatic heterocycles. The lowest BCUT2D eigenvalue weighted by Crippen LogP contribution is -2.40. The van der Waals surface area contributed by atoms with Crippen LogP contribution in [0.4, 0.5) is 0 Å². The number of hydrogen-bond acceptors (Lipinski definition) is 5. The van der Waals surface area contributed by atoms with E-state index in [9.17, 15) is 8.42 Å². The van der Waals surface area contributed by atoms with Crippen molar-refractivity contribution < 1.29 is 13.3 Å². The first-order valence-electron chi connectivity index (χ1n) is 9.23. The van der Waals surface area contributed by atoms with Gasteiger partial charge < -0.3 is 0 Å². The van der Waals surface area contributed by atoms with Gasteiger partial charge in [0.1, 0.15) is 5.25 Å². The van der Waals surface area contributed by atoms with Crippen LogP contribution in [-0.2, 0) is 14.9 Å². The monoisotopic (exact) mass is 397 g/mol. The van der Waals surface area contributed by atoms with Crippen LogP contribution in [0.3, 0.4) is 0 Å².